The SMILES string of the molecule is CC(C)(S)CN(CC(C)(C)S)C(=O)CCCCNCCN. The Labute approximate surface area is 141 Å². The van der Waals surface area contributed by atoms with Crippen LogP contribution in [0.4, 0.5) is 0 Å². The van der Waals surface area contributed by atoms with E-state index in [2.05, 4.69) is 30.6 Å². The highest BCUT2D eigenvalue weighted by Crippen LogP contribution is 2.20. The molecule has 0 atom stereocenters. The average Bonchev–Trinajstić information content (AvgIpc) is 2.29. The fraction of sp³-hybridized carbons (Fsp3) is 0.933. The zero-order chi connectivity index (χ0) is 16.5. The highest BCUT2D eigenvalue weighted by atomic mass is 32.1. The molecule has 0 heterocycles. The number of nitrogens with two attached hydrogens (primary N) is 1. The second kappa shape index (κ2) is 9.98. The molecule has 21 heavy (non-hydrogen) atoms. The Hall–Kier alpha value is 0.0900. The largest absolute Gasteiger partial charge is 0.340 e. The Morgan fingerprint density at radius 2 is 1.57 bits per heavy atom. The van der Waals surface area contributed by atoms with Gasteiger partial charge in [0.2, 0.25) is 5.91 Å². The number of unbranched alkanes of at least 4 members (excludes halogenated alkanes) is 1. The monoisotopic (exact) mass is 335 g/mol. The van der Waals surface area contributed by atoms with E-state index >= 15 is 0 Å². The quantitative estimate of drug-likeness (QED) is 0.345. The van der Waals surface area contributed by atoms with Gasteiger partial charge in [0.1, 0.15) is 0 Å². The number of hydrogen-bond acceptors (Lipinski definition) is 5. The van der Waals surface area contributed by atoms with Crippen LogP contribution in [-0.4, -0.2) is 53.0 Å². The van der Waals surface area contributed by atoms with E-state index in [4.69, 9.17) is 5.73 Å². The minimum Gasteiger partial charge on any atom is -0.340 e. The summed E-state index contributed by atoms with van der Waals surface area (Å²) >= 11 is 9.09. The Balaban J connectivity index is 4.25. The zero-order valence-electron chi connectivity index (χ0n) is 14.0. The number of amides is 1. The summed E-state index contributed by atoms with van der Waals surface area (Å²) in [6.45, 7) is 11.8. The molecule has 0 unspecified atom stereocenters. The van der Waals surface area contributed by atoms with Crippen molar-refractivity contribution in [2.45, 2.75) is 56.5 Å². The maximum absolute atomic E-state index is 12.4. The van der Waals surface area contributed by atoms with Crippen LogP contribution in [0.5, 0.6) is 0 Å². The summed E-state index contributed by atoms with van der Waals surface area (Å²) in [5.74, 6) is 0.193. The minimum absolute atomic E-state index is 0.193. The highest BCUT2D eigenvalue weighted by Gasteiger charge is 2.25. The molecule has 0 bridgehead atoms. The van der Waals surface area contributed by atoms with Crippen molar-refractivity contribution >= 4 is 31.2 Å². The van der Waals surface area contributed by atoms with Crippen molar-refractivity contribution in [3.63, 3.8) is 0 Å². The molecule has 0 spiro atoms. The van der Waals surface area contributed by atoms with Gasteiger partial charge in [-0.05, 0) is 47.1 Å². The van der Waals surface area contributed by atoms with E-state index in [1.54, 1.807) is 0 Å². The first-order valence-corrected chi connectivity index (χ1v) is 8.58. The normalized spacial score (nSPS) is 12.5. The first-order valence-electron chi connectivity index (χ1n) is 7.68. The number of hydrogen-bond donors (Lipinski definition) is 4. The van der Waals surface area contributed by atoms with Crippen LogP contribution in [0.15, 0.2) is 0 Å². The summed E-state index contributed by atoms with van der Waals surface area (Å²) in [7, 11) is 0. The maximum atomic E-state index is 12.4. The molecule has 0 saturated heterocycles. The van der Waals surface area contributed by atoms with Gasteiger partial charge in [-0.3, -0.25) is 4.79 Å². The van der Waals surface area contributed by atoms with Gasteiger partial charge in [-0.25, -0.2) is 0 Å². The highest BCUT2D eigenvalue weighted by molar-refractivity contribution is 7.82. The van der Waals surface area contributed by atoms with Gasteiger partial charge in [-0.2, -0.15) is 25.3 Å². The molecule has 0 rings (SSSR count). The Morgan fingerprint density at radius 1 is 1.05 bits per heavy atom. The van der Waals surface area contributed by atoms with Gasteiger partial charge in [-0.15, -0.1) is 0 Å². The molecule has 0 saturated carbocycles. The average molecular weight is 336 g/mol. The van der Waals surface area contributed by atoms with Crippen LogP contribution in [0, 0.1) is 0 Å². The van der Waals surface area contributed by atoms with Crippen LogP contribution in [0.1, 0.15) is 47.0 Å². The zero-order valence-corrected chi connectivity index (χ0v) is 15.8. The fourth-order valence-electron chi connectivity index (χ4n) is 2.08. The standard InChI is InChI=1S/C15H33N3OS2/c1-14(2,20)11-18(12-15(3,4)21)13(19)7-5-6-9-17-10-8-16/h17,20-21H,5-12,16H2,1-4H3. The van der Waals surface area contributed by atoms with E-state index in [9.17, 15) is 4.79 Å². The first kappa shape index (κ1) is 21.1. The first-order chi connectivity index (χ1) is 9.55. The molecular formula is C15H33N3OS2. The molecule has 1 amide bonds. The summed E-state index contributed by atoms with van der Waals surface area (Å²) in [4.78, 5) is 14.3. The Bertz CT molecular complexity index is 282. The summed E-state index contributed by atoms with van der Waals surface area (Å²) in [5.41, 5.74) is 5.41. The van der Waals surface area contributed by atoms with Gasteiger partial charge in [0.05, 0.1) is 0 Å². The molecule has 4 nitrogen and oxygen atoms in total. The second-order valence-corrected chi connectivity index (χ2v) is 9.29. The molecular weight excluding hydrogens is 302 g/mol. The van der Waals surface area contributed by atoms with Gasteiger partial charge in [0.25, 0.3) is 0 Å². The lowest BCUT2D eigenvalue weighted by atomic mass is 10.1. The van der Waals surface area contributed by atoms with Gasteiger partial charge in [-0.1, -0.05) is 0 Å². The van der Waals surface area contributed by atoms with E-state index in [1.165, 1.54) is 0 Å². The van der Waals surface area contributed by atoms with Crippen molar-refractivity contribution < 1.29 is 4.79 Å². The van der Waals surface area contributed by atoms with E-state index < -0.39 is 0 Å². The molecule has 6 heteroatoms. The third-order valence-electron chi connectivity index (χ3n) is 2.82. The van der Waals surface area contributed by atoms with Crippen LogP contribution < -0.4 is 11.1 Å². The number of carbonyl (C=O) groups is 1. The lowest BCUT2D eigenvalue weighted by molar-refractivity contribution is -0.132. The molecule has 0 aromatic carbocycles. The van der Waals surface area contributed by atoms with Crippen molar-refractivity contribution in [2.24, 2.45) is 5.73 Å². The van der Waals surface area contributed by atoms with Crippen molar-refractivity contribution in [2.75, 3.05) is 32.7 Å². The van der Waals surface area contributed by atoms with Gasteiger partial charge < -0.3 is 16.0 Å². The van der Waals surface area contributed by atoms with E-state index in [1.807, 2.05) is 32.6 Å². The van der Waals surface area contributed by atoms with Gasteiger partial charge in [0.15, 0.2) is 0 Å². The van der Waals surface area contributed by atoms with Crippen LogP contribution in [0.2, 0.25) is 0 Å². The predicted molar refractivity (Wildman–Crippen MR) is 98.5 cm³/mol. The smallest absolute Gasteiger partial charge is 0.222 e. The molecule has 0 aromatic rings. The third-order valence-corrected chi connectivity index (χ3v) is 3.11. The van der Waals surface area contributed by atoms with Crippen LogP contribution in [0.25, 0.3) is 0 Å². The summed E-state index contributed by atoms with van der Waals surface area (Å²) in [6, 6.07) is 0. The number of nitrogens with one attached hydrogen (secondary N) is 1. The molecule has 0 aliphatic heterocycles. The summed E-state index contributed by atoms with van der Waals surface area (Å²) in [5, 5.41) is 3.24. The molecule has 0 fully saturated rings. The maximum Gasteiger partial charge on any atom is 0.222 e. The Kier molecular flexibility index (Phi) is 10.0. The van der Waals surface area contributed by atoms with Crippen molar-refractivity contribution in [3.8, 4) is 0 Å². The molecule has 3 N–H and O–H groups in total. The van der Waals surface area contributed by atoms with E-state index in [-0.39, 0.29) is 15.4 Å². The van der Waals surface area contributed by atoms with Crippen LogP contribution >= 0.6 is 25.3 Å². The minimum atomic E-state index is -0.197. The lowest BCUT2D eigenvalue weighted by Gasteiger charge is -2.34. The predicted octanol–water partition coefficient (Wildman–Crippen LogP) is 1.95. The van der Waals surface area contributed by atoms with Crippen LogP contribution in [0.3, 0.4) is 0 Å². The molecule has 0 aromatic heterocycles. The second-order valence-electron chi connectivity index (χ2n) is 6.87. The van der Waals surface area contributed by atoms with Crippen molar-refractivity contribution in [1.29, 1.82) is 0 Å². The molecule has 126 valence electrons. The van der Waals surface area contributed by atoms with Gasteiger partial charge >= 0.3 is 0 Å². The number of nitrogens with zero attached hydrogens (tertiary/aromatic N) is 1. The van der Waals surface area contributed by atoms with E-state index in [0.717, 1.165) is 25.9 Å². The molecule has 0 aliphatic rings. The number of carbonyl (C=O) groups excluding carboxylic acids is 1. The molecule has 0 radical (unpaired) electrons. The number of thiol groups is 2. The number of rotatable bonds is 11. The van der Waals surface area contributed by atoms with Gasteiger partial charge in [0, 0.05) is 42.1 Å². The van der Waals surface area contributed by atoms with Crippen LogP contribution in [-0.2, 0) is 4.79 Å². The molecule has 0 aliphatic carbocycles. The van der Waals surface area contributed by atoms with E-state index in [0.29, 0.717) is 26.1 Å². The third kappa shape index (κ3) is 13.5. The summed E-state index contributed by atoms with van der Waals surface area (Å²) < 4.78 is -0.394. The van der Waals surface area contributed by atoms with Crippen molar-refractivity contribution in [1.82, 2.24) is 10.2 Å². The topological polar surface area (TPSA) is 58.4 Å². The van der Waals surface area contributed by atoms with Crippen molar-refractivity contribution in [3.05, 3.63) is 0 Å². The summed E-state index contributed by atoms with van der Waals surface area (Å²) in [6.07, 6.45) is 2.47. The Morgan fingerprint density at radius 3 is 2.00 bits per heavy atom. The fourth-order valence-corrected chi connectivity index (χ4v) is 2.42. The lowest BCUT2D eigenvalue weighted by Crippen LogP contribution is -2.45.